The van der Waals surface area contributed by atoms with E-state index in [4.69, 9.17) is 11.6 Å². The van der Waals surface area contributed by atoms with Gasteiger partial charge < -0.3 is 15.1 Å². The van der Waals surface area contributed by atoms with Crippen LogP contribution in [0.3, 0.4) is 0 Å². The summed E-state index contributed by atoms with van der Waals surface area (Å²) in [5.74, 6) is -0.850. The minimum atomic E-state index is -0.387. The van der Waals surface area contributed by atoms with E-state index in [-0.39, 0.29) is 37.3 Å². The van der Waals surface area contributed by atoms with Crippen LogP contribution in [0, 0.1) is 5.82 Å². The van der Waals surface area contributed by atoms with Gasteiger partial charge in [-0.25, -0.2) is 4.39 Å². The molecular formula is C21H26ClFN3O2+. The van der Waals surface area contributed by atoms with E-state index in [1.165, 1.54) is 11.0 Å². The molecule has 0 bridgehead atoms. The largest absolute Gasteiger partial charge is 0.332 e. The Morgan fingerprint density at radius 3 is 2.57 bits per heavy atom. The molecule has 2 aromatic rings. The van der Waals surface area contributed by atoms with Crippen LogP contribution in [0.15, 0.2) is 42.5 Å². The predicted molar refractivity (Wildman–Crippen MR) is 109 cm³/mol. The molecular weight excluding hydrogens is 381 g/mol. The number of nitrogens with one attached hydrogen (secondary N) is 2. The molecule has 150 valence electrons. The molecule has 0 aliphatic rings. The van der Waals surface area contributed by atoms with Crippen LogP contribution >= 0.6 is 11.6 Å². The molecule has 0 aromatic heterocycles. The molecule has 0 spiro atoms. The van der Waals surface area contributed by atoms with E-state index in [0.717, 1.165) is 22.6 Å². The van der Waals surface area contributed by atoms with Crippen molar-refractivity contribution in [2.24, 2.45) is 0 Å². The van der Waals surface area contributed by atoms with Crippen LogP contribution in [0.2, 0.25) is 5.02 Å². The second kappa shape index (κ2) is 10.2. The Labute approximate surface area is 170 Å². The van der Waals surface area contributed by atoms with Crippen molar-refractivity contribution < 1.29 is 18.9 Å². The Hall–Kier alpha value is -2.44. The van der Waals surface area contributed by atoms with Gasteiger partial charge in [-0.2, -0.15) is 0 Å². The summed E-state index contributed by atoms with van der Waals surface area (Å²) in [7, 11) is 3.36. The number of quaternary nitrogens is 1. The number of carbonyl (C=O) groups excluding carboxylic acids is 2. The lowest BCUT2D eigenvalue weighted by Crippen LogP contribution is -3.09. The van der Waals surface area contributed by atoms with E-state index >= 15 is 0 Å². The summed E-state index contributed by atoms with van der Waals surface area (Å²) >= 11 is 6.04. The minimum Gasteiger partial charge on any atom is -0.332 e. The molecule has 28 heavy (non-hydrogen) atoms. The van der Waals surface area contributed by atoms with Gasteiger partial charge in [-0.1, -0.05) is 42.8 Å². The number of carbonyl (C=O) groups is 2. The second-order valence-corrected chi connectivity index (χ2v) is 7.23. The van der Waals surface area contributed by atoms with E-state index in [1.807, 2.05) is 31.2 Å². The third-order valence-corrected chi connectivity index (χ3v) is 4.83. The third kappa shape index (κ3) is 6.04. The summed E-state index contributed by atoms with van der Waals surface area (Å²) < 4.78 is 13.9. The number of aryl methyl sites for hydroxylation is 1. The monoisotopic (exact) mass is 406 g/mol. The van der Waals surface area contributed by atoms with Crippen LogP contribution in [0.1, 0.15) is 18.1 Å². The number of para-hydroxylation sites is 1. The fraction of sp³-hybridized carbons (Fsp3) is 0.333. The van der Waals surface area contributed by atoms with Crippen LogP contribution in [-0.4, -0.2) is 43.9 Å². The van der Waals surface area contributed by atoms with Gasteiger partial charge in [-0.3, -0.25) is 9.59 Å². The first-order valence-corrected chi connectivity index (χ1v) is 9.55. The van der Waals surface area contributed by atoms with Crippen molar-refractivity contribution in [2.45, 2.75) is 19.9 Å². The van der Waals surface area contributed by atoms with Crippen LogP contribution in [0.4, 0.5) is 10.1 Å². The quantitative estimate of drug-likeness (QED) is 0.705. The summed E-state index contributed by atoms with van der Waals surface area (Å²) in [4.78, 5) is 26.9. The maximum Gasteiger partial charge on any atom is 0.277 e. The van der Waals surface area contributed by atoms with E-state index in [0.29, 0.717) is 10.6 Å². The average Bonchev–Trinajstić information content (AvgIpc) is 2.65. The highest BCUT2D eigenvalue weighted by Crippen LogP contribution is 2.17. The molecule has 1 atom stereocenters. The zero-order valence-electron chi connectivity index (χ0n) is 16.4. The second-order valence-electron chi connectivity index (χ2n) is 6.82. The number of nitrogens with zero attached hydrogens (tertiary/aromatic N) is 1. The molecule has 0 aliphatic carbocycles. The van der Waals surface area contributed by atoms with Gasteiger partial charge in [0.05, 0.1) is 24.2 Å². The Bertz CT molecular complexity index is 824. The summed E-state index contributed by atoms with van der Waals surface area (Å²) in [6, 6.07) is 12.1. The molecule has 5 nitrogen and oxygen atoms in total. The van der Waals surface area contributed by atoms with Crippen molar-refractivity contribution >= 4 is 29.1 Å². The number of rotatable bonds is 8. The van der Waals surface area contributed by atoms with Gasteiger partial charge in [0.2, 0.25) is 5.91 Å². The predicted octanol–water partition coefficient (Wildman–Crippen LogP) is 2.15. The molecule has 1 unspecified atom stereocenters. The van der Waals surface area contributed by atoms with Crippen LogP contribution in [0.5, 0.6) is 0 Å². The molecule has 2 rings (SSSR count). The number of hydrogen-bond donors (Lipinski definition) is 2. The first kappa shape index (κ1) is 21.9. The first-order chi connectivity index (χ1) is 13.3. The Kier molecular flexibility index (Phi) is 7.96. The normalized spacial score (nSPS) is 11.8. The summed E-state index contributed by atoms with van der Waals surface area (Å²) in [6.07, 6.45) is 0.804. The van der Waals surface area contributed by atoms with E-state index in [1.54, 1.807) is 26.2 Å². The zero-order valence-corrected chi connectivity index (χ0v) is 17.1. The lowest BCUT2D eigenvalue weighted by Gasteiger charge is -2.20. The molecule has 0 heterocycles. The topological polar surface area (TPSA) is 53.9 Å². The molecule has 2 N–H and O–H groups in total. The standard InChI is InChI=1S/C21H25ClFN3O2/c1-4-15-8-5-6-11-19(15)24-20(27)13-26(3)21(28)14-25(2)12-16-17(22)9-7-10-18(16)23/h5-11H,4,12-14H2,1-3H3,(H,24,27)/p+1. The van der Waals surface area contributed by atoms with Crippen molar-refractivity contribution in [3.8, 4) is 0 Å². The Morgan fingerprint density at radius 2 is 1.89 bits per heavy atom. The maximum absolute atomic E-state index is 13.9. The fourth-order valence-corrected chi connectivity index (χ4v) is 3.13. The average molecular weight is 407 g/mol. The van der Waals surface area contributed by atoms with Crippen molar-refractivity contribution in [1.29, 1.82) is 0 Å². The smallest absolute Gasteiger partial charge is 0.277 e. The molecule has 0 saturated carbocycles. The number of halogens is 2. The third-order valence-electron chi connectivity index (χ3n) is 4.47. The number of hydrogen-bond acceptors (Lipinski definition) is 2. The number of likely N-dealkylation sites (N-methyl/N-ethyl adjacent to an activating group) is 2. The molecule has 0 saturated heterocycles. The van der Waals surface area contributed by atoms with E-state index in [9.17, 15) is 14.0 Å². The lowest BCUT2D eigenvalue weighted by atomic mass is 10.1. The van der Waals surface area contributed by atoms with E-state index < -0.39 is 0 Å². The van der Waals surface area contributed by atoms with Crippen molar-refractivity contribution in [1.82, 2.24) is 4.90 Å². The van der Waals surface area contributed by atoms with Crippen molar-refractivity contribution in [3.63, 3.8) is 0 Å². The first-order valence-electron chi connectivity index (χ1n) is 9.17. The summed E-state index contributed by atoms with van der Waals surface area (Å²) in [5, 5.41) is 3.19. The molecule has 2 aromatic carbocycles. The van der Waals surface area contributed by atoms with Gasteiger partial charge in [0.1, 0.15) is 12.4 Å². The number of benzene rings is 2. The SMILES string of the molecule is CCc1ccccc1NC(=O)CN(C)C(=O)C[NH+](C)Cc1c(F)cccc1Cl. The molecule has 0 radical (unpaired) electrons. The molecule has 2 amide bonds. The van der Waals surface area contributed by atoms with E-state index in [2.05, 4.69) is 5.32 Å². The lowest BCUT2D eigenvalue weighted by molar-refractivity contribution is -0.885. The van der Waals surface area contributed by atoms with Gasteiger partial charge in [0, 0.05) is 12.7 Å². The Balaban J connectivity index is 1.89. The van der Waals surface area contributed by atoms with Gasteiger partial charge in [0.25, 0.3) is 5.91 Å². The Morgan fingerprint density at radius 1 is 1.18 bits per heavy atom. The van der Waals surface area contributed by atoms with Gasteiger partial charge >= 0.3 is 0 Å². The highest BCUT2D eigenvalue weighted by Gasteiger charge is 2.19. The minimum absolute atomic E-state index is 0.0510. The summed E-state index contributed by atoms with van der Waals surface area (Å²) in [6.45, 7) is 2.37. The van der Waals surface area contributed by atoms with Gasteiger partial charge in [0.15, 0.2) is 6.54 Å². The van der Waals surface area contributed by atoms with Gasteiger partial charge in [-0.05, 0) is 30.2 Å². The van der Waals surface area contributed by atoms with Crippen LogP contribution < -0.4 is 10.2 Å². The molecule has 0 aliphatic heterocycles. The molecule has 0 fully saturated rings. The maximum atomic E-state index is 13.9. The van der Waals surface area contributed by atoms with Gasteiger partial charge in [-0.15, -0.1) is 0 Å². The van der Waals surface area contributed by atoms with Crippen molar-refractivity contribution in [3.05, 3.63) is 64.4 Å². The van der Waals surface area contributed by atoms with Crippen LogP contribution in [0.25, 0.3) is 0 Å². The number of amides is 2. The zero-order chi connectivity index (χ0) is 20.7. The van der Waals surface area contributed by atoms with Crippen LogP contribution in [-0.2, 0) is 22.6 Å². The highest BCUT2D eigenvalue weighted by atomic mass is 35.5. The van der Waals surface area contributed by atoms with Crippen molar-refractivity contribution in [2.75, 3.05) is 32.5 Å². The summed E-state index contributed by atoms with van der Waals surface area (Å²) in [5.41, 5.74) is 2.18. The number of anilines is 1. The molecule has 7 heteroatoms. The fourth-order valence-electron chi connectivity index (χ4n) is 2.90. The highest BCUT2D eigenvalue weighted by molar-refractivity contribution is 6.31.